The molecular formula is C17H20N2O3S. The molecule has 122 valence electrons. The average molecular weight is 332 g/mol. The molecule has 1 saturated heterocycles. The van der Waals surface area contributed by atoms with E-state index in [0.717, 1.165) is 18.4 Å². The van der Waals surface area contributed by atoms with Gasteiger partial charge < -0.3 is 10.2 Å². The number of nitrogens with zero attached hydrogens (tertiary/aromatic N) is 1. The Hall–Kier alpha value is -2.21. The molecule has 0 unspecified atom stereocenters. The standard InChI is InChI=1S/C17H20N2O3S/c1-23(22)13-11-16(20)18-15-8-5-12-19(15)17(21)10-9-14-6-3-2-4-7-14/h2-4,6-7,9-11,13,15H,5,8,12H2,1H3,(H,18,20)/t15-,23+/m1/s1. The zero-order valence-electron chi connectivity index (χ0n) is 13.0. The van der Waals surface area contributed by atoms with Crippen LogP contribution in [0, 0.1) is 0 Å². The molecule has 5 nitrogen and oxygen atoms in total. The Bertz CT molecular complexity index is 640. The predicted octanol–water partition coefficient (Wildman–Crippen LogP) is 1.66. The summed E-state index contributed by atoms with van der Waals surface area (Å²) in [6, 6.07) is 9.58. The first-order valence-electron chi connectivity index (χ1n) is 7.41. The molecule has 2 atom stereocenters. The van der Waals surface area contributed by atoms with E-state index in [4.69, 9.17) is 0 Å². The number of nitrogens with one attached hydrogen (secondary N) is 1. The van der Waals surface area contributed by atoms with Crippen LogP contribution in [-0.2, 0) is 20.4 Å². The maximum Gasteiger partial charge on any atom is 0.248 e. The lowest BCUT2D eigenvalue weighted by atomic mass is 10.2. The zero-order chi connectivity index (χ0) is 16.7. The number of carbonyl (C=O) groups is 2. The Morgan fingerprint density at radius 2 is 2.00 bits per heavy atom. The van der Waals surface area contributed by atoms with E-state index >= 15 is 0 Å². The fraction of sp³-hybridized carbons (Fsp3) is 0.294. The molecule has 1 aromatic carbocycles. The fourth-order valence-electron chi connectivity index (χ4n) is 2.38. The molecule has 1 aromatic rings. The molecule has 0 radical (unpaired) electrons. The third kappa shape index (κ3) is 5.49. The molecule has 0 aromatic heterocycles. The summed E-state index contributed by atoms with van der Waals surface area (Å²) in [4.78, 5) is 25.7. The number of rotatable bonds is 5. The Kier molecular flexibility index (Phi) is 6.29. The molecule has 2 amide bonds. The monoisotopic (exact) mass is 332 g/mol. The van der Waals surface area contributed by atoms with Crippen molar-refractivity contribution in [2.24, 2.45) is 0 Å². The maximum atomic E-state index is 12.3. The van der Waals surface area contributed by atoms with Gasteiger partial charge in [-0.2, -0.15) is 0 Å². The van der Waals surface area contributed by atoms with Gasteiger partial charge in [0.2, 0.25) is 11.8 Å². The molecule has 0 saturated carbocycles. The SMILES string of the molecule is C[S@](=O)C=CC(=O)N[C@H]1CCCN1C(=O)C=Cc1ccccc1. The van der Waals surface area contributed by atoms with Crippen molar-refractivity contribution in [2.75, 3.05) is 12.8 Å². The van der Waals surface area contributed by atoms with Crippen molar-refractivity contribution in [3.05, 3.63) is 53.5 Å². The average Bonchev–Trinajstić information content (AvgIpc) is 3.00. The summed E-state index contributed by atoms with van der Waals surface area (Å²) < 4.78 is 10.9. The molecule has 1 N–H and O–H groups in total. The Balaban J connectivity index is 1.95. The van der Waals surface area contributed by atoms with Gasteiger partial charge in [-0.25, -0.2) is 0 Å². The van der Waals surface area contributed by atoms with Crippen molar-refractivity contribution in [1.29, 1.82) is 0 Å². The van der Waals surface area contributed by atoms with Crippen LogP contribution in [0.25, 0.3) is 6.08 Å². The largest absolute Gasteiger partial charge is 0.332 e. The van der Waals surface area contributed by atoms with Gasteiger partial charge in [0, 0.05) is 41.2 Å². The van der Waals surface area contributed by atoms with E-state index in [2.05, 4.69) is 5.32 Å². The van der Waals surface area contributed by atoms with E-state index in [1.165, 1.54) is 23.8 Å². The molecular weight excluding hydrogens is 312 g/mol. The van der Waals surface area contributed by atoms with E-state index in [1.807, 2.05) is 30.3 Å². The van der Waals surface area contributed by atoms with Crippen molar-refractivity contribution in [3.63, 3.8) is 0 Å². The van der Waals surface area contributed by atoms with E-state index in [0.29, 0.717) is 6.54 Å². The first-order chi connectivity index (χ1) is 11.1. The van der Waals surface area contributed by atoms with Crippen molar-refractivity contribution < 1.29 is 13.8 Å². The van der Waals surface area contributed by atoms with Crippen LogP contribution in [0.1, 0.15) is 18.4 Å². The first-order valence-corrected chi connectivity index (χ1v) is 9.03. The van der Waals surface area contributed by atoms with E-state index in [9.17, 15) is 13.8 Å². The van der Waals surface area contributed by atoms with Crippen LogP contribution in [0.3, 0.4) is 0 Å². The van der Waals surface area contributed by atoms with Gasteiger partial charge in [-0.05, 0) is 24.5 Å². The third-order valence-electron chi connectivity index (χ3n) is 3.47. The summed E-state index contributed by atoms with van der Waals surface area (Å²) in [7, 11) is -1.16. The summed E-state index contributed by atoms with van der Waals surface area (Å²) in [6.45, 7) is 0.617. The van der Waals surface area contributed by atoms with E-state index in [-0.39, 0.29) is 18.0 Å². The molecule has 0 bridgehead atoms. The number of amides is 2. The molecule has 1 fully saturated rings. The van der Waals surface area contributed by atoms with Crippen LogP contribution in [0.2, 0.25) is 0 Å². The highest BCUT2D eigenvalue weighted by atomic mass is 32.2. The topological polar surface area (TPSA) is 66.5 Å². The number of carbonyl (C=O) groups excluding carboxylic acids is 2. The summed E-state index contributed by atoms with van der Waals surface area (Å²) in [5.74, 6) is -0.461. The summed E-state index contributed by atoms with van der Waals surface area (Å²) in [5, 5.41) is 4.10. The van der Waals surface area contributed by atoms with E-state index in [1.54, 1.807) is 11.0 Å². The Morgan fingerprint density at radius 1 is 1.26 bits per heavy atom. The fourth-order valence-corrected chi connectivity index (χ4v) is 2.69. The molecule has 23 heavy (non-hydrogen) atoms. The molecule has 6 heteroatoms. The Labute approximate surface area is 138 Å². The summed E-state index contributed by atoms with van der Waals surface area (Å²) in [6.07, 6.45) is 7.28. The lowest BCUT2D eigenvalue weighted by Gasteiger charge is -2.23. The van der Waals surface area contributed by atoms with Gasteiger partial charge in [-0.3, -0.25) is 13.8 Å². The summed E-state index contributed by atoms with van der Waals surface area (Å²) >= 11 is 0. The number of benzene rings is 1. The van der Waals surface area contributed by atoms with Gasteiger partial charge in [-0.1, -0.05) is 30.3 Å². The van der Waals surface area contributed by atoms with Crippen molar-refractivity contribution in [2.45, 2.75) is 19.0 Å². The zero-order valence-corrected chi connectivity index (χ0v) is 13.8. The van der Waals surface area contributed by atoms with Crippen LogP contribution in [0.5, 0.6) is 0 Å². The van der Waals surface area contributed by atoms with Crippen molar-refractivity contribution in [3.8, 4) is 0 Å². The molecule has 0 spiro atoms. The highest BCUT2D eigenvalue weighted by molar-refractivity contribution is 7.87. The number of hydrogen-bond acceptors (Lipinski definition) is 3. The molecule has 1 heterocycles. The second-order valence-corrected chi connectivity index (χ2v) is 6.51. The molecule has 2 rings (SSSR count). The molecule has 1 aliphatic heterocycles. The third-order valence-corrected chi connectivity index (χ3v) is 3.99. The minimum atomic E-state index is -1.16. The predicted molar refractivity (Wildman–Crippen MR) is 91.6 cm³/mol. The van der Waals surface area contributed by atoms with Crippen molar-refractivity contribution >= 4 is 28.7 Å². The number of likely N-dealkylation sites (tertiary alicyclic amines) is 1. The van der Waals surface area contributed by atoms with Gasteiger partial charge in [0.05, 0.1) is 0 Å². The quantitative estimate of drug-likeness (QED) is 0.834. The highest BCUT2D eigenvalue weighted by Gasteiger charge is 2.28. The van der Waals surface area contributed by atoms with Crippen molar-refractivity contribution in [1.82, 2.24) is 10.2 Å². The highest BCUT2D eigenvalue weighted by Crippen LogP contribution is 2.16. The summed E-state index contributed by atoms with van der Waals surface area (Å²) in [5.41, 5.74) is 0.953. The molecule has 0 aliphatic carbocycles. The molecule has 1 aliphatic rings. The van der Waals surface area contributed by atoms with Gasteiger partial charge in [0.25, 0.3) is 0 Å². The van der Waals surface area contributed by atoms with Gasteiger partial charge >= 0.3 is 0 Å². The van der Waals surface area contributed by atoms with Gasteiger partial charge in [-0.15, -0.1) is 0 Å². The minimum absolute atomic E-state index is 0.125. The van der Waals surface area contributed by atoms with E-state index < -0.39 is 10.8 Å². The Morgan fingerprint density at radius 3 is 2.70 bits per heavy atom. The second-order valence-electron chi connectivity index (χ2n) is 5.24. The van der Waals surface area contributed by atoms with Crippen LogP contribution in [-0.4, -0.2) is 39.9 Å². The first kappa shape index (κ1) is 17.1. The maximum absolute atomic E-state index is 12.3. The van der Waals surface area contributed by atoms with Crippen LogP contribution < -0.4 is 5.32 Å². The lowest BCUT2D eigenvalue weighted by Crippen LogP contribution is -2.46. The van der Waals surface area contributed by atoms with Gasteiger partial charge in [0.15, 0.2) is 0 Å². The lowest BCUT2D eigenvalue weighted by molar-refractivity contribution is -0.128. The van der Waals surface area contributed by atoms with Crippen LogP contribution in [0.4, 0.5) is 0 Å². The number of hydrogen-bond donors (Lipinski definition) is 1. The van der Waals surface area contributed by atoms with Crippen LogP contribution >= 0.6 is 0 Å². The van der Waals surface area contributed by atoms with Crippen LogP contribution in [0.15, 0.2) is 47.9 Å². The minimum Gasteiger partial charge on any atom is -0.332 e. The second kappa shape index (κ2) is 8.43. The normalized spacial score (nSPS) is 19.3. The smallest absolute Gasteiger partial charge is 0.248 e. The van der Waals surface area contributed by atoms with Gasteiger partial charge in [0.1, 0.15) is 6.17 Å².